The van der Waals surface area contributed by atoms with Crippen LogP contribution in [-0.4, -0.2) is 12.1 Å². The van der Waals surface area contributed by atoms with E-state index in [1.807, 2.05) is 0 Å². The lowest BCUT2D eigenvalue weighted by Gasteiger charge is -2.29. The molecule has 2 nitrogen and oxygen atoms in total. The van der Waals surface area contributed by atoms with Crippen molar-refractivity contribution < 1.29 is 8.78 Å². The zero-order valence-corrected chi connectivity index (χ0v) is 10.6. The second-order valence-corrected chi connectivity index (χ2v) is 5.29. The maximum atomic E-state index is 12.4. The van der Waals surface area contributed by atoms with Gasteiger partial charge in [0.1, 0.15) is 0 Å². The van der Waals surface area contributed by atoms with E-state index >= 15 is 0 Å². The van der Waals surface area contributed by atoms with Crippen molar-refractivity contribution >= 4 is 0 Å². The van der Waals surface area contributed by atoms with Gasteiger partial charge in [-0.1, -0.05) is 24.3 Å². The van der Waals surface area contributed by atoms with E-state index in [0.717, 1.165) is 5.56 Å². The van der Waals surface area contributed by atoms with Gasteiger partial charge in [-0.2, -0.15) is 0 Å². The van der Waals surface area contributed by atoms with Crippen molar-refractivity contribution in [1.82, 2.24) is 5.32 Å². The Morgan fingerprint density at radius 2 is 1.94 bits per heavy atom. The number of rotatable bonds is 6. The molecule has 0 saturated heterocycles. The van der Waals surface area contributed by atoms with Crippen molar-refractivity contribution in [2.24, 2.45) is 11.7 Å². The Morgan fingerprint density at radius 1 is 1.33 bits per heavy atom. The molecule has 1 fully saturated rings. The minimum absolute atomic E-state index is 0.0264. The molecule has 0 heterocycles. The number of benzene rings is 1. The topological polar surface area (TPSA) is 38.0 Å². The molecule has 0 amide bonds. The first-order chi connectivity index (χ1) is 8.55. The molecule has 0 bridgehead atoms. The Labute approximate surface area is 107 Å². The average molecular weight is 254 g/mol. The highest BCUT2D eigenvalue weighted by Crippen LogP contribution is 2.39. The molecule has 0 radical (unpaired) electrons. The number of alkyl halides is 2. The van der Waals surface area contributed by atoms with Gasteiger partial charge in [0.05, 0.1) is 0 Å². The normalized spacial score (nSPS) is 18.9. The summed E-state index contributed by atoms with van der Waals surface area (Å²) in [6.07, 6.45) is 0.0588. The predicted octanol–water partition coefficient (Wildman–Crippen LogP) is 2.84. The van der Waals surface area contributed by atoms with Crippen LogP contribution in [-0.2, 0) is 6.54 Å². The summed E-state index contributed by atoms with van der Waals surface area (Å²) in [4.78, 5) is 0. The fraction of sp³-hybridized carbons (Fsp3) is 0.571. The monoisotopic (exact) mass is 254 g/mol. The molecule has 0 aromatic heterocycles. The molecule has 18 heavy (non-hydrogen) atoms. The maximum absolute atomic E-state index is 12.4. The Balaban J connectivity index is 1.93. The zero-order valence-electron chi connectivity index (χ0n) is 10.6. The van der Waals surface area contributed by atoms with Crippen LogP contribution in [0.5, 0.6) is 0 Å². The van der Waals surface area contributed by atoms with E-state index in [0.29, 0.717) is 19.0 Å². The fourth-order valence-corrected chi connectivity index (χ4v) is 2.19. The van der Waals surface area contributed by atoms with E-state index in [1.54, 1.807) is 12.1 Å². The summed E-state index contributed by atoms with van der Waals surface area (Å²) in [7, 11) is 0. The van der Waals surface area contributed by atoms with E-state index in [9.17, 15) is 8.78 Å². The summed E-state index contributed by atoms with van der Waals surface area (Å²) in [5.74, 6) is 0.655. The highest BCUT2D eigenvalue weighted by Gasteiger charge is 2.39. The molecule has 100 valence electrons. The minimum Gasteiger partial charge on any atom is -0.329 e. The maximum Gasteiger partial charge on any atom is 0.263 e. The van der Waals surface area contributed by atoms with Crippen LogP contribution in [0.2, 0.25) is 0 Å². The van der Waals surface area contributed by atoms with Crippen LogP contribution in [0.1, 0.15) is 37.3 Å². The molecule has 1 aliphatic rings. The highest BCUT2D eigenvalue weighted by molar-refractivity contribution is 5.23. The number of halogens is 2. The van der Waals surface area contributed by atoms with Crippen LogP contribution in [0.4, 0.5) is 8.78 Å². The Morgan fingerprint density at radius 3 is 2.39 bits per heavy atom. The second kappa shape index (κ2) is 5.33. The molecular weight excluding hydrogens is 234 g/mol. The van der Waals surface area contributed by atoms with E-state index in [1.165, 1.54) is 25.0 Å². The number of hydrogen-bond acceptors (Lipinski definition) is 2. The lowest BCUT2D eigenvalue weighted by Crippen LogP contribution is -2.50. The van der Waals surface area contributed by atoms with Gasteiger partial charge in [0.2, 0.25) is 0 Å². The van der Waals surface area contributed by atoms with Crippen LogP contribution in [0.15, 0.2) is 24.3 Å². The van der Waals surface area contributed by atoms with E-state index < -0.39 is 6.43 Å². The molecule has 2 rings (SSSR count). The molecule has 1 unspecified atom stereocenters. The molecule has 1 saturated carbocycles. The van der Waals surface area contributed by atoms with Crippen LogP contribution < -0.4 is 11.1 Å². The second-order valence-electron chi connectivity index (χ2n) is 5.29. The molecular formula is C14H20F2N2. The summed E-state index contributed by atoms with van der Waals surface area (Å²) in [5, 5.41) is 3.46. The largest absolute Gasteiger partial charge is 0.329 e. The molecule has 1 aromatic carbocycles. The fourth-order valence-electron chi connectivity index (χ4n) is 2.19. The predicted molar refractivity (Wildman–Crippen MR) is 68.4 cm³/mol. The van der Waals surface area contributed by atoms with Gasteiger partial charge in [-0.25, -0.2) is 8.78 Å². The SMILES string of the molecule is CC(CN)(NCc1ccc(C(F)F)cc1)C1CC1. The smallest absolute Gasteiger partial charge is 0.263 e. The first-order valence-corrected chi connectivity index (χ1v) is 6.37. The summed E-state index contributed by atoms with van der Waals surface area (Å²) in [6, 6.07) is 6.47. The third-order valence-corrected chi connectivity index (χ3v) is 3.83. The van der Waals surface area contributed by atoms with Crippen molar-refractivity contribution in [2.75, 3.05) is 6.54 Å². The van der Waals surface area contributed by atoms with Crippen LogP contribution in [0.25, 0.3) is 0 Å². The molecule has 1 atom stereocenters. The summed E-state index contributed by atoms with van der Waals surface area (Å²) in [6.45, 7) is 3.42. The van der Waals surface area contributed by atoms with Crippen molar-refractivity contribution in [2.45, 2.75) is 38.3 Å². The number of hydrogen-bond donors (Lipinski definition) is 2. The van der Waals surface area contributed by atoms with Gasteiger partial charge in [0.25, 0.3) is 6.43 Å². The van der Waals surface area contributed by atoms with Crippen molar-refractivity contribution in [3.05, 3.63) is 35.4 Å². The Kier molecular flexibility index (Phi) is 3.97. The van der Waals surface area contributed by atoms with Gasteiger partial charge >= 0.3 is 0 Å². The summed E-state index contributed by atoms with van der Waals surface area (Å²) in [5.41, 5.74) is 6.87. The van der Waals surface area contributed by atoms with Crippen LogP contribution in [0, 0.1) is 5.92 Å². The van der Waals surface area contributed by atoms with Crippen molar-refractivity contribution in [1.29, 1.82) is 0 Å². The lowest BCUT2D eigenvalue weighted by molar-refractivity contribution is 0.151. The standard InChI is InChI=1S/C14H20F2N2/c1-14(9-17,12-6-7-12)18-8-10-2-4-11(5-3-10)13(15)16/h2-5,12-13,18H,6-9,17H2,1H3. The van der Waals surface area contributed by atoms with Crippen LogP contribution in [0.3, 0.4) is 0 Å². The van der Waals surface area contributed by atoms with Crippen molar-refractivity contribution in [3.8, 4) is 0 Å². The Bertz CT molecular complexity index is 387. The molecule has 3 N–H and O–H groups in total. The van der Waals surface area contributed by atoms with Gasteiger partial charge in [-0.15, -0.1) is 0 Å². The molecule has 1 aliphatic carbocycles. The third-order valence-electron chi connectivity index (χ3n) is 3.83. The van der Waals surface area contributed by atoms with Gasteiger partial charge in [-0.05, 0) is 31.2 Å². The van der Waals surface area contributed by atoms with Gasteiger partial charge < -0.3 is 11.1 Å². The first-order valence-electron chi connectivity index (χ1n) is 6.37. The lowest BCUT2D eigenvalue weighted by atomic mass is 9.95. The minimum atomic E-state index is -2.40. The summed E-state index contributed by atoms with van der Waals surface area (Å²) < 4.78 is 24.8. The van der Waals surface area contributed by atoms with Gasteiger partial charge in [-0.3, -0.25) is 0 Å². The summed E-state index contributed by atoms with van der Waals surface area (Å²) >= 11 is 0. The zero-order chi connectivity index (χ0) is 13.2. The number of nitrogens with one attached hydrogen (secondary N) is 1. The Hall–Kier alpha value is -1.00. The molecule has 0 spiro atoms. The first kappa shape index (κ1) is 13.4. The van der Waals surface area contributed by atoms with E-state index in [-0.39, 0.29) is 11.1 Å². The number of nitrogens with two attached hydrogens (primary N) is 1. The van der Waals surface area contributed by atoms with Gasteiger partial charge in [0, 0.05) is 24.2 Å². The van der Waals surface area contributed by atoms with Crippen LogP contribution >= 0.6 is 0 Å². The molecule has 4 heteroatoms. The quantitative estimate of drug-likeness (QED) is 0.819. The average Bonchev–Trinajstić information content (AvgIpc) is 3.21. The highest BCUT2D eigenvalue weighted by atomic mass is 19.3. The van der Waals surface area contributed by atoms with Gasteiger partial charge in [0.15, 0.2) is 0 Å². The third kappa shape index (κ3) is 3.06. The van der Waals surface area contributed by atoms with E-state index in [4.69, 9.17) is 5.73 Å². The molecule has 1 aromatic rings. The van der Waals surface area contributed by atoms with E-state index in [2.05, 4.69) is 12.2 Å². The van der Waals surface area contributed by atoms with Crippen molar-refractivity contribution in [3.63, 3.8) is 0 Å². The molecule has 0 aliphatic heterocycles.